The molecule has 1 fully saturated rings. The van der Waals surface area contributed by atoms with E-state index in [2.05, 4.69) is 20.9 Å². The van der Waals surface area contributed by atoms with Crippen LogP contribution in [0.3, 0.4) is 0 Å². The number of halogens is 1. The summed E-state index contributed by atoms with van der Waals surface area (Å²) in [4.78, 5) is 4.00. The van der Waals surface area contributed by atoms with Crippen LogP contribution in [0.25, 0.3) is 0 Å². The Morgan fingerprint density at radius 2 is 2.31 bits per heavy atom. The van der Waals surface area contributed by atoms with Gasteiger partial charge in [-0.3, -0.25) is 0 Å². The topological polar surface area (TPSA) is 45.9 Å². The second kappa shape index (κ2) is 3.35. The number of aromatic nitrogens is 1. The quantitative estimate of drug-likeness (QED) is 0.743. The van der Waals surface area contributed by atoms with Gasteiger partial charge in [-0.25, -0.2) is 4.98 Å². The van der Waals surface area contributed by atoms with Gasteiger partial charge in [0, 0.05) is 0 Å². The highest BCUT2D eigenvalue weighted by Crippen LogP contribution is 2.30. The standard InChI is InChI=1S/C9H7BrN2O/c10-9-8(13-7-2-3-7)4-1-6(5-11)12-9/h1,4,7H,2-3H2. The second-order valence-corrected chi connectivity index (χ2v) is 3.67. The zero-order chi connectivity index (χ0) is 9.26. The first-order valence-electron chi connectivity index (χ1n) is 4.03. The first-order chi connectivity index (χ1) is 6.29. The molecular formula is C9H7BrN2O. The molecule has 0 saturated heterocycles. The largest absolute Gasteiger partial charge is 0.488 e. The number of nitriles is 1. The van der Waals surface area contributed by atoms with Crippen molar-refractivity contribution in [3.05, 3.63) is 22.4 Å². The van der Waals surface area contributed by atoms with Gasteiger partial charge in [0.05, 0.1) is 6.10 Å². The Bertz CT molecular complexity index is 368. The molecule has 0 atom stereocenters. The summed E-state index contributed by atoms with van der Waals surface area (Å²) in [7, 11) is 0. The van der Waals surface area contributed by atoms with Crippen molar-refractivity contribution in [3.8, 4) is 11.8 Å². The van der Waals surface area contributed by atoms with Crippen LogP contribution in [0.15, 0.2) is 16.7 Å². The van der Waals surface area contributed by atoms with Crippen LogP contribution in [0.1, 0.15) is 18.5 Å². The molecule has 0 radical (unpaired) electrons. The highest BCUT2D eigenvalue weighted by molar-refractivity contribution is 9.10. The normalized spacial score (nSPS) is 15.1. The molecule has 0 N–H and O–H groups in total. The summed E-state index contributed by atoms with van der Waals surface area (Å²) in [5.41, 5.74) is 0.398. The molecule has 66 valence electrons. The van der Waals surface area contributed by atoms with Gasteiger partial charge in [0.2, 0.25) is 0 Å². The van der Waals surface area contributed by atoms with E-state index in [0.717, 1.165) is 18.6 Å². The summed E-state index contributed by atoms with van der Waals surface area (Å²) in [6, 6.07) is 5.39. The van der Waals surface area contributed by atoms with E-state index in [4.69, 9.17) is 10.00 Å². The molecule has 1 aliphatic carbocycles. The zero-order valence-electron chi connectivity index (χ0n) is 6.83. The van der Waals surface area contributed by atoms with E-state index in [1.54, 1.807) is 12.1 Å². The summed E-state index contributed by atoms with van der Waals surface area (Å²) in [5, 5.41) is 8.57. The Hall–Kier alpha value is -1.08. The van der Waals surface area contributed by atoms with Crippen LogP contribution in [0.2, 0.25) is 0 Å². The highest BCUT2D eigenvalue weighted by atomic mass is 79.9. The molecule has 13 heavy (non-hydrogen) atoms. The lowest BCUT2D eigenvalue weighted by molar-refractivity contribution is 0.299. The van der Waals surface area contributed by atoms with E-state index in [1.807, 2.05) is 6.07 Å². The fraction of sp³-hybridized carbons (Fsp3) is 0.333. The molecule has 0 amide bonds. The van der Waals surface area contributed by atoms with Crippen molar-refractivity contribution in [2.75, 3.05) is 0 Å². The van der Waals surface area contributed by atoms with Crippen LogP contribution in [-0.4, -0.2) is 11.1 Å². The maximum Gasteiger partial charge on any atom is 0.152 e. The van der Waals surface area contributed by atoms with Crippen LogP contribution in [0, 0.1) is 11.3 Å². The second-order valence-electron chi connectivity index (χ2n) is 2.91. The smallest absolute Gasteiger partial charge is 0.152 e. The summed E-state index contributed by atoms with van der Waals surface area (Å²) in [6.07, 6.45) is 2.59. The van der Waals surface area contributed by atoms with Crippen LogP contribution >= 0.6 is 15.9 Å². The molecule has 1 aromatic rings. The number of hydrogen-bond acceptors (Lipinski definition) is 3. The Morgan fingerprint density at radius 3 is 2.85 bits per heavy atom. The van der Waals surface area contributed by atoms with Crippen molar-refractivity contribution in [3.63, 3.8) is 0 Å². The molecule has 2 rings (SSSR count). The predicted octanol–water partition coefficient (Wildman–Crippen LogP) is 2.26. The minimum absolute atomic E-state index is 0.353. The Balaban J connectivity index is 2.21. The number of pyridine rings is 1. The maximum absolute atomic E-state index is 8.57. The summed E-state index contributed by atoms with van der Waals surface area (Å²) in [6.45, 7) is 0. The van der Waals surface area contributed by atoms with Crippen molar-refractivity contribution >= 4 is 15.9 Å². The van der Waals surface area contributed by atoms with Crippen molar-refractivity contribution in [2.24, 2.45) is 0 Å². The van der Waals surface area contributed by atoms with Crippen LogP contribution in [0.5, 0.6) is 5.75 Å². The first kappa shape index (κ1) is 8.52. The maximum atomic E-state index is 8.57. The van der Waals surface area contributed by atoms with Gasteiger partial charge in [-0.05, 0) is 40.9 Å². The minimum Gasteiger partial charge on any atom is -0.488 e. The van der Waals surface area contributed by atoms with Gasteiger partial charge in [0.15, 0.2) is 5.75 Å². The van der Waals surface area contributed by atoms with Gasteiger partial charge in [-0.15, -0.1) is 0 Å². The number of nitrogens with zero attached hydrogens (tertiary/aromatic N) is 2. The van der Waals surface area contributed by atoms with Crippen molar-refractivity contribution in [2.45, 2.75) is 18.9 Å². The van der Waals surface area contributed by atoms with Crippen LogP contribution in [0.4, 0.5) is 0 Å². The third kappa shape index (κ3) is 1.99. The molecule has 0 bridgehead atoms. The Morgan fingerprint density at radius 1 is 1.54 bits per heavy atom. The zero-order valence-corrected chi connectivity index (χ0v) is 8.41. The van der Waals surface area contributed by atoms with Crippen LogP contribution < -0.4 is 4.74 Å². The minimum atomic E-state index is 0.353. The third-order valence-corrected chi connectivity index (χ3v) is 2.32. The SMILES string of the molecule is N#Cc1ccc(OC2CC2)c(Br)n1. The number of ether oxygens (including phenoxy) is 1. The third-order valence-electron chi connectivity index (χ3n) is 1.75. The molecule has 1 aliphatic rings. The fourth-order valence-corrected chi connectivity index (χ4v) is 1.35. The Kier molecular flexibility index (Phi) is 2.19. The van der Waals surface area contributed by atoms with Crippen LogP contribution in [-0.2, 0) is 0 Å². The van der Waals surface area contributed by atoms with Gasteiger partial charge >= 0.3 is 0 Å². The molecule has 1 saturated carbocycles. The van der Waals surface area contributed by atoms with Gasteiger partial charge in [0.1, 0.15) is 16.4 Å². The van der Waals surface area contributed by atoms with E-state index in [-0.39, 0.29) is 0 Å². The van der Waals surface area contributed by atoms with Crippen molar-refractivity contribution < 1.29 is 4.74 Å². The van der Waals surface area contributed by atoms with Crippen molar-refractivity contribution in [1.82, 2.24) is 4.98 Å². The van der Waals surface area contributed by atoms with Gasteiger partial charge in [-0.1, -0.05) is 0 Å². The lowest BCUT2D eigenvalue weighted by Crippen LogP contribution is -1.98. The molecule has 4 heteroatoms. The number of hydrogen-bond donors (Lipinski definition) is 0. The molecule has 3 nitrogen and oxygen atoms in total. The molecule has 0 unspecified atom stereocenters. The van der Waals surface area contributed by atoms with E-state index in [9.17, 15) is 0 Å². The van der Waals surface area contributed by atoms with E-state index in [1.165, 1.54) is 0 Å². The van der Waals surface area contributed by atoms with Gasteiger partial charge < -0.3 is 4.74 Å². The molecular weight excluding hydrogens is 232 g/mol. The van der Waals surface area contributed by atoms with Gasteiger partial charge in [0.25, 0.3) is 0 Å². The molecule has 0 spiro atoms. The lowest BCUT2D eigenvalue weighted by Gasteiger charge is -2.04. The average Bonchev–Trinajstić information content (AvgIpc) is 2.92. The molecule has 0 aliphatic heterocycles. The fourth-order valence-electron chi connectivity index (χ4n) is 0.937. The number of rotatable bonds is 2. The van der Waals surface area contributed by atoms with E-state index in [0.29, 0.717) is 16.4 Å². The monoisotopic (exact) mass is 238 g/mol. The average molecular weight is 239 g/mol. The summed E-state index contributed by atoms with van der Waals surface area (Å²) in [5.74, 6) is 0.724. The Labute approximate surface area is 84.5 Å². The molecule has 1 heterocycles. The molecule has 0 aromatic carbocycles. The van der Waals surface area contributed by atoms with Crippen molar-refractivity contribution in [1.29, 1.82) is 5.26 Å². The van der Waals surface area contributed by atoms with E-state index >= 15 is 0 Å². The summed E-state index contributed by atoms with van der Waals surface area (Å²) < 4.78 is 6.15. The first-order valence-corrected chi connectivity index (χ1v) is 4.82. The predicted molar refractivity (Wildman–Crippen MR) is 50.3 cm³/mol. The summed E-state index contributed by atoms with van der Waals surface area (Å²) >= 11 is 3.26. The van der Waals surface area contributed by atoms with E-state index < -0.39 is 0 Å². The molecule has 1 aromatic heterocycles. The lowest BCUT2D eigenvalue weighted by atomic mass is 10.4. The van der Waals surface area contributed by atoms with Gasteiger partial charge in [-0.2, -0.15) is 5.26 Å². The highest BCUT2D eigenvalue weighted by Gasteiger charge is 2.24.